The summed E-state index contributed by atoms with van der Waals surface area (Å²) in [5.74, 6) is -3.11. The van der Waals surface area contributed by atoms with Crippen LogP contribution in [-0.4, -0.2) is 166 Å². The third-order valence-corrected chi connectivity index (χ3v) is 12.4. The van der Waals surface area contributed by atoms with E-state index in [-0.39, 0.29) is 42.4 Å². The molecule has 1 aliphatic heterocycles. The largest absolute Gasteiger partial charge is 0.393 e. The van der Waals surface area contributed by atoms with Gasteiger partial charge in [0.2, 0.25) is 0 Å². The Morgan fingerprint density at radius 1 is 0.814 bits per heavy atom. The number of hydrogen-bond acceptors (Lipinski definition) is 11. The molecule has 11 nitrogen and oxygen atoms in total. The van der Waals surface area contributed by atoms with Crippen molar-refractivity contribution in [2.24, 2.45) is 41.4 Å². The van der Waals surface area contributed by atoms with Gasteiger partial charge in [0.1, 0.15) is 5.60 Å². The van der Waals surface area contributed by atoms with Crippen LogP contribution < -0.4 is 0 Å². The lowest BCUT2D eigenvalue weighted by Gasteiger charge is -2.63. The van der Waals surface area contributed by atoms with Crippen LogP contribution in [0.5, 0.6) is 0 Å². The van der Waals surface area contributed by atoms with Gasteiger partial charge in [0.05, 0.1) is 48.8 Å². The summed E-state index contributed by atoms with van der Waals surface area (Å²) in [6.07, 6.45) is -3.16. The Kier molecular flexibility index (Phi) is 10.2. The number of nitrogens with zero attached hydrogens (tertiary/aromatic N) is 3. The molecule has 17 atom stereocenters. The van der Waals surface area contributed by atoms with Crippen molar-refractivity contribution in [1.82, 2.24) is 14.7 Å². The van der Waals surface area contributed by atoms with E-state index in [4.69, 9.17) is 4.74 Å². The van der Waals surface area contributed by atoms with Gasteiger partial charge in [-0.2, -0.15) is 0 Å². The topological polar surface area (TPSA) is 161 Å². The fourth-order valence-electron chi connectivity index (χ4n) is 10.2. The number of ether oxygens (including phenoxy) is 1. The maximum absolute atomic E-state index is 12.0. The van der Waals surface area contributed by atoms with E-state index in [0.717, 1.165) is 38.9 Å². The smallest absolute Gasteiger partial charge is 0.120 e. The molecule has 5 fully saturated rings. The normalized spacial score (nSPS) is 50.9. The van der Waals surface area contributed by atoms with Crippen LogP contribution in [0.2, 0.25) is 0 Å². The molecule has 7 N–H and O–H groups in total. The first-order valence-electron chi connectivity index (χ1n) is 16.6. The average Bonchev–Trinajstić information content (AvgIpc) is 3.37. The van der Waals surface area contributed by atoms with Crippen molar-refractivity contribution in [3.8, 4) is 0 Å². The van der Waals surface area contributed by atoms with Crippen LogP contribution in [0.3, 0.4) is 0 Å². The quantitative estimate of drug-likeness (QED) is 0.176. The third kappa shape index (κ3) is 6.06. The van der Waals surface area contributed by atoms with Gasteiger partial charge < -0.3 is 55.2 Å². The van der Waals surface area contributed by atoms with Crippen molar-refractivity contribution in [2.75, 3.05) is 54.9 Å². The van der Waals surface area contributed by atoms with Crippen molar-refractivity contribution in [3.63, 3.8) is 0 Å². The van der Waals surface area contributed by atoms with Gasteiger partial charge in [-0.3, -0.25) is 0 Å². The molecule has 0 aromatic rings. The highest BCUT2D eigenvalue weighted by Gasteiger charge is 2.67. The highest BCUT2D eigenvalue weighted by Crippen LogP contribution is 2.58. The van der Waals surface area contributed by atoms with Crippen LogP contribution in [0.25, 0.3) is 0 Å². The number of likely N-dealkylation sites (N-methyl/N-ethyl adjacent to an activating group) is 2. The summed E-state index contributed by atoms with van der Waals surface area (Å²) in [5.41, 5.74) is -1.96. The molecule has 17 unspecified atom stereocenters. The maximum atomic E-state index is 12.0. The highest BCUT2D eigenvalue weighted by molar-refractivity contribution is 5.17. The van der Waals surface area contributed by atoms with Crippen molar-refractivity contribution in [1.29, 1.82) is 0 Å². The fraction of sp³-hybridized carbons (Fsp3) is 1.00. The summed E-state index contributed by atoms with van der Waals surface area (Å²) < 4.78 is 6.58. The molecule has 0 aromatic carbocycles. The van der Waals surface area contributed by atoms with Crippen LogP contribution in [0.15, 0.2) is 0 Å². The number of fused-ring (bicyclic) bond motifs is 3. The lowest BCUT2D eigenvalue weighted by atomic mass is 9.47. The average molecular weight is 614 g/mol. The number of aliphatic hydroxyl groups excluding tert-OH is 6. The van der Waals surface area contributed by atoms with E-state index in [1.54, 1.807) is 0 Å². The first kappa shape index (κ1) is 33.9. The second-order valence-electron chi connectivity index (χ2n) is 15.5. The van der Waals surface area contributed by atoms with Crippen molar-refractivity contribution < 1.29 is 40.5 Å². The molecule has 11 heteroatoms. The summed E-state index contributed by atoms with van der Waals surface area (Å²) in [5, 5.41) is 79.9. The molecule has 4 aliphatic carbocycles. The monoisotopic (exact) mass is 613 g/mol. The summed E-state index contributed by atoms with van der Waals surface area (Å²) in [6.45, 7) is 4.22. The van der Waals surface area contributed by atoms with Gasteiger partial charge in [-0.1, -0.05) is 0 Å². The Bertz CT molecular complexity index is 942. The Morgan fingerprint density at radius 3 is 2.14 bits per heavy atom. The molecule has 0 spiro atoms. The zero-order chi connectivity index (χ0) is 31.5. The van der Waals surface area contributed by atoms with E-state index in [2.05, 4.69) is 35.8 Å². The lowest BCUT2D eigenvalue weighted by Crippen LogP contribution is -2.74. The molecular formula is C32H59N3O8. The first-order chi connectivity index (χ1) is 20.2. The molecule has 0 aromatic heterocycles. The zero-order valence-corrected chi connectivity index (χ0v) is 27.0. The maximum Gasteiger partial charge on any atom is 0.120 e. The van der Waals surface area contributed by atoms with Gasteiger partial charge >= 0.3 is 0 Å². The summed E-state index contributed by atoms with van der Waals surface area (Å²) in [6, 6.07) is 0.111. The van der Waals surface area contributed by atoms with E-state index in [1.165, 1.54) is 6.92 Å². The van der Waals surface area contributed by atoms with E-state index in [9.17, 15) is 35.7 Å². The molecule has 0 amide bonds. The van der Waals surface area contributed by atoms with Gasteiger partial charge in [0.15, 0.2) is 0 Å². The molecular weight excluding hydrogens is 554 g/mol. The zero-order valence-electron chi connectivity index (χ0n) is 27.0. The van der Waals surface area contributed by atoms with Gasteiger partial charge in [0.25, 0.3) is 0 Å². The molecule has 1 heterocycles. The number of aliphatic hydroxyl groups is 7. The van der Waals surface area contributed by atoms with Gasteiger partial charge in [-0.05, 0) is 98.4 Å². The predicted octanol–water partition coefficient (Wildman–Crippen LogP) is -1.20. The van der Waals surface area contributed by atoms with Gasteiger partial charge in [-0.15, -0.1) is 0 Å². The molecule has 5 rings (SSSR count). The Morgan fingerprint density at radius 2 is 1.51 bits per heavy atom. The van der Waals surface area contributed by atoms with E-state index < -0.39 is 65.9 Å². The standard InChI is InChI=1S/C32H59N3O8/c1-16(36)25-23(37)13-18-11-17-12-20-22(34(4)5)14-21(24-8-7-19(43-24)15-35(6)10-9-33(2)3)28(38)27(20)29(39)26(17)31(41)32(18,42)30(25)40/h16-31,36-42H,7-15H2,1-6H3. The first-order valence-corrected chi connectivity index (χ1v) is 16.6. The molecule has 0 radical (unpaired) electrons. The van der Waals surface area contributed by atoms with Crippen LogP contribution in [0.1, 0.15) is 45.4 Å². The summed E-state index contributed by atoms with van der Waals surface area (Å²) >= 11 is 0. The Balaban J connectivity index is 1.35. The minimum absolute atomic E-state index is 0.00564. The van der Waals surface area contributed by atoms with Crippen LogP contribution in [0.4, 0.5) is 0 Å². The Labute approximate surface area is 257 Å². The minimum Gasteiger partial charge on any atom is -0.393 e. The van der Waals surface area contributed by atoms with Gasteiger partial charge in [-0.25, -0.2) is 0 Å². The molecule has 1 saturated heterocycles. The Hall–Kier alpha value is -0.440. The highest BCUT2D eigenvalue weighted by atomic mass is 16.5. The fourth-order valence-corrected chi connectivity index (χ4v) is 10.2. The SMILES string of the molecule is CC(O)C1C(O)CC2CC3CC4C(C(O)C(C5CCC(CN(C)CCN(C)C)O5)CC4N(C)C)C(O)C3C(O)C2(O)C1O. The van der Waals surface area contributed by atoms with Crippen LogP contribution in [-0.2, 0) is 4.74 Å². The predicted molar refractivity (Wildman–Crippen MR) is 161 cm³/mol. The van der Waals surface area contributed by atoms with E-state index >= 15 is 0 Å². The molecule has 4 saturated carbocycles. The van der Waals surface area contributed by atoms with Gasteiger partial charge in [0, 0.05) is 49.3 Å². The molecule has 0 bridgehead atoms. The van der Waals surface area contributed by atoms with Crippen LogP contribution in [0, 0.1) is 41.4 Å². The lowest BCUT2D eigenvalue weighted by molar-refractivity contribution is -0.296. The van der Waals surface area contributed by atoms with Crippen molar-refractivity contribution in [3.05, 3.63) is 0 Å². The molecule has 43 heavy (non-hydrogen) atoms. The minimum atomic E-state index is -1.96. The van der Waals surface area contributed by atoms with Crippen molar-refractivity contribution in [2.45, 2.75) is 106 Å². The van der Waals surface area contributed by atoms with Crippen molar-refractivity contribution >= 4 is 0 Å². The molecule has 5 aliphatic rings. The summed E-state index contributed by atoms with van der Waals surface area (Å²) in [7, 11) is 10.3. The second kappa shape index (κ2) is 13.0. The number of rotatable bonds is 8. The second-order valence-corrected chi connectivity index (χ2v) is 15.5. The van der Waals surface area contributed by atoms with E-state index in [0.29, 0.717) is 12.8 Å². The summed E-state index contributed by atoms with van der Waals surface area (Å²) in [4.78, 5) is 6.65. The van der Waals surface area contributed by atoms with E-state index in [1.807, 2.05) is 14.1 Å². The number of hydrogen-bond donors (Lipinski definition) is 7. The van der Waals surface area contributed by atoms with Crippen LogP contribution >= 0.6 is 0 Å². The third-order valence-electron chi connectivity index (χ3n) is 12.4. The molecule has 250 valence electrons.